The first-order chi connectivity index (χ1) is 8.62. The number of hydrogen-bond acceptors (Lipinski definition) is 3. The molecule has 1 heterocycles. The van der Waals surface area contributed by atoms with Gasteiger partial charge in [-0.15, -0.1) is 0 Å². The molecule has 3 nitrogen and oxygen atoms in total. The van der Waals surface area contributed by atoms with Crippen molar-refractivity contribution in [1.29, 1.82) is 0 Å². The van der Waals surface area contributed by atoms with Gasteiger partial charge in [-0.1, -0.05) is 12.1 Å². The Hall–Kier alpha value is -1.13. The highest BCUT2D eigenvalue weighted by atomic mass is 19.1. The number of benzene rings is 1. The maximum Gasteiger partial charge on any atom is 0.170 e. The third kappa shape index (κ3) is 2.22. The summed E-state index contributed by atoms with van der Waals surface area (Å²) >= 11 is 0. The van der Waals surface area contributed by atoms with Crippen molar-refractivity contribution in [2.45, 2.75) is 31.9 Å². The first kappa shape index (κ1) is 13.3. The molecule has 0 aromatic heterocycles. The Balaban J connectivity index is 2.45. The summed E-state index contributed by atoms with van der Waals surface area (Å²) in [7, 11) is 3.07. The van der Waals surface area contributed by atoms with Crippen molar-refractivity contribution in [3.8, 4) is 5.75 Å². The molecule has 1 N–H and O–H groups in total. The summed E-state index contributed by atoms with van der Waals surface area (Å²) < 4.78 is 24.6. The van der Waals surface area contributed by atoms with E-state index in [1.165, 1.54) is 7.11 Å². The molecule has 0 spiro atoms. The predicted molar refractivity (Wildman–Crippen MR) is 68.3 cm³/mol. The van der Waals surface area contributed by atoms with Crippen molar-refractivity contribution >= 4 is 0 Å². The van der Waals surface area contributed by atoms with Gasteiger partial charge in [0.2, 0.25) is 0 Å². The van der Waals surface area contributed by atoms with Crippen LogP contribution in [0.4, 0.5) is 4.39 Å². The highest BCUT2D eigenvalue weighted by Gasteiger charge is 2.34. The second kappa shape index (κ2) is 5.24. The molecule has 0 bridgehead atoms. The highest BCUT2D eigenvalue weighted by molar-refractivity contribution is 5.44. The Kier molecular flexibility index (Phi) is 3.88. The molecule has 0 saturated carbocycles. The maximum absolute atomic E-state index is 14.3. The van der Waals surface area contributed by atoms with Crippen LogP contribution in [0.2, 0.25) is 0 Å². The van der Waals surface area contributed by atoms with E-state index in [0.29, 0.717) is 11.3 Å². The standard InChI is InChI=1S/C14H20FNO2/c1-14(7-4-8-16-14)11-6-5-10(9-17-2)12(15)13(11)18-3/h5-6,16H,4,7-9H2,1-3H3. The van der Waals surface area contributed by atoms with E-state index in [4.69, 9.17) is 9.47 Å². The number of halogens is 1. The van der Waals surface area contributed by atoms with Crippen molar-refractivity contribution < 1.29 is 13.9 Å². The smallest absolute Gasteiger partial charge is 0.170 e. The Morgan fingerprint density at radius 3 is 2.72 bits per heavy atom. The zero-order valence-electron chi connectivity index (χ0n) is 11.2. The summed E-state index contributed by atoms with van der Waals surface area (Å²) in [5.41, 5.74) is 1.22. The van der Waals surface area contributed by atoms with E-state index in [2.05, 4.69) is 12.2 Å². The summed E-state index contributed by atoms with van der Waals surface area (Å²) in [5, 5.41) is 3.42. The molecule has 100 valence electrons. The molecule has 1 aromatic rings. The maximum atomic E-state index is 14.3. The van der Waals surface area contributed by atoms with Crippen molar-refractivity contribution in [2.24, 2.45) is 0 Å². The molecule has 4 heteroatoms. The lowest BCUT2D eigenvalue weighted by atomic mass is 9.89. The zero-order chi connectivity index (χ0) is 13.2. The molecule has 1 aliphatic rings. The fourth-order valence-electron chi connectivity index (χ4n) is 2.62. The van der Waals surface area contributed by atoms with Crippen LogP contribution in [0.15, 0.2) is 12.1 Å². The highest BCUT2D eigenvalue weighted by Crippen LogP contribution is 2.38. The van der Waals surface area contributed by atoms with E-state index >= 15 is 0 Å². The molecule has 0 aliphatic carbocycles. The van der Waals surface area contributed by atoms with E-state index in [0.717, 1.165) is 24.9 Å². The molecule has 1 atom stereocenters. The third-order valence-electron chi connectivity index (χ3n) is 3.64. The molecular formula is C14H20FNO2. The first-order valence-corrected chi connectivity index (χ1v) is 6.22. The van der Waals surface area contributed by atoms with Crippen molar-refractivity contribution in [2.75, 3.05) is 20.8 Å². The van der Waals surface area contributed by atoms with Gasteiger partial charge in [0.25, 0.3) is 0 Å². The van der Waals surface area contributed by atoms with Crippen LogP contribution in [0.25, 0.3) is 0 Å². The van der Waals surface area contributed by atoms with Crippen LogP contribution in [-0.4, -0.2) is 20.8 Å². The number of nitrogens with one attached hydrogen (secondary N) is 1. The van der Waals surface area contributed by atoms with E-state index in [1.807, 2.05) is 6.07 Å². The van der Waals surface area contributed by atoms with Crippen LogP contribution in [0.3, 0.4) is 0 Å². The van der Waals surface area contributed by atoms with Crippen LogP contribution in [-0.2, 0) is 16.9 Å². The fourth-order valence-corrected chi connectivity index (χ4v) is 2.62. The minimum atomic E-state index is -0.313. The summed E-state index contributed by atoms with van der Waals surface area (Å²) in [5.74, 6) is 0.0215. The van der Waals surface area contributed by atoms with Crippen LogP contribution in [0.5, 0.6) is 5.75 Å². The topological polar surface area (TPSA) is 30.5 Å². The van der Waals surface area contributed by atoms with Crippen LogP contribution in [0.1, 0.15) is 30.9 Å². The SMILES string of the molecule is COCc1ccc(C2(C)CCCN2)c(OC)c1F. The summed E-state index contributed by atoms with van der Waals surface area (Å²) in [6, 6.07) is 3.72. The van der Waals surface area contributed by atoms with Crippen molar-refractivity contribution in [3.05, 3.63) is 29.1 Å². The third-order valence-corrected chi connectivity index (χ3v) is 3.64. The lowest BCUT2D eigenvalue weighted by Crippen LogP contribution is -2.33. The summed E-state index contributed by atoms with van der Waals surface area (Å²) in [4.78, 5) is 0. The lowest BCUT2D eigenvalue weighted by molar-refractivity contribution is 0.180. The van der Waals surface area contributed by atoms with E-state index in [1.54, 1.807) is 13.2 Å². The molecule has 1 aliphatic heterocycles. The number of hydrogen-bond donors (Lipinski definition) is 1. The molecular weight excluding hydrogens is 233 g/mol. The normalized spacial score (nSPS) is 23.3. The Bertz CT molecular complexity index is 428. The van der Waals surface area contributed by atoms with Gasteiger partial charge in [-0.2, -0.15) is 0 Å². The predicted octanol–water partition coefficient (Wildman–Crippen LogP) is 2.58. The second-order valence-electron chi connectivity index (χ2n) is 4.91. The zero-order valence-corrected chi connectivity index (χ0v) is 11.2. The average Bonchev–Trinajstić information content (AvgIpc) is 2.80. The Morgan fingerprint density at radius 1 is 1.39 bits per heavy atom. The van der Waals surface area contributed by atoms with Crippen LogP contribution >= 0.6 is 0 Å². The van der Waals surface area contributed by atoms with Gasteiger partial charge in [0, 0.05) is 23.8 Å². The molecule has 2 rings (SSSR count). The van der Waals surface area contributed by atoms with Gasteiger partial charge in [0.1, 0.15) is 0 Å². The van der Waals surface area contributed by atoms with Crippen LogP contribution in [0, 0.1) is 5.82 Å². The summed E-state index contributed by atoms with van der Waals surface area (Å²) in [6.45, 7) is 3.31. The molecule has 0 amide bonds. The number of rotatable bonds is 4. The van der Waals surface area contributed by atoms with Gasteiger partial charge in [0.05, 0.1) is 13.7 Å². The molecule has 1 unspecified atom stereocenters. The Morgan fingerprint density at radius 2 is 2.17 bits per heavy atom. The minimum absolute atomic E-state index is 0.197. The van der Waals surface area contributed by atoms with Gasteiger partial charge < -0.3 is 14.8 Å². The molecule has 0 radical (unpaired) electrons. The van der Waals surface area contributed by atoms with E-state index in [9.17, 15) is 4.39 Å². The molecule has 1 aromatic carbocycles. The minimum Gasteiger partial charge on any atom is -0.493 e. The molecule has 1 fully saturated rings. The number of ether oxygens (including phenoxy) is 2. The first-order valence-electron chi connectivity index (χ1n) is 6.22. The number of methoxy groups -OCH3 is 2. The Labute approximate surface area is 107 Å². The van der Waals surface area contributed by atoms with Gasteiger partial charge in [-0.25, -0.2) is 4.39 Å². The van der Waals surface area contributed by atoms with Crippen molar-refractivity contribution in [1.82, 2.24) is 5.32 Å². The van der Waals surface area contributed by atoms with E-state index in [-0.39, 0.29) is 18.0 Å². The fraction of sp³-hybridized carbons (Fsp3) is 0.571. The summed E-state index contributed by atoms with van der Waals surface area (Å²) in [6.07, 6.45) is 2.09. The lowest BCUT2D eigenvalue weighted by Gasteiger charge is -2.27. The van der Waals surface area contributed by atoms with Gasteiger partial charge in [0.15, 0.2) is 11.6 Å². The van der Waals surface area contributed by atoms with E-state index < -0.39 is 0 Å². The van der Waals surface area contributed by atoms with Gasteiger partial charge in [-0.05, 0) is 26.3 Å². The average molecular weight is 253 g/mol. The monoisotopic (exact) mass is 253 g/mol. The van der Waals surface area contributed by atoms with Crippen LogP contribution < -0.4 is 10.1 Å². The second-order valence-corrected chi connectivity index (χ2v) is 4.91. The van der Waals surface area contributed by atoms with Gasteiger partial charge >= 0.3 is 0 Å². The molecule has 1 saturated heterocycles. The largest absolute Gasteiger partial charge is 0.493 e. The van der Waals surface area contributed by atoms with Crippen molar-refractivity contribution in [3.63, 3.8) is 0 Å². The quantitative estimate of drug-likeness (QED) is 0.894. The molecule has 18 heavy (non-hydrogen) atoms. The van der Waals surface area contributed by atoms with Gasteiger partial charge in [-0.3, -0.25) is 0 Å².